The molecule has 2 heterocycles. The van der Waals surface area contributed by atoms with Gasteiger partial charge in [0.25, 0.3) is 11.7 Å². The van der Waals surface area contributed by atoms with Gasteiger partial charge in [-0.2, -0.15) is 0 Å². The number of carbonyl (C=O) groups excluding carboxylic acids is 2. The van der Waals surface area contributed by atoms with Gasteiger partial charge in [-0.25, -0.2) is 8.78 Å². The number of hydrogen-bond donors (Lipinski definition) is 1. The Morgan fingerprint density at radius 2 is 1.68 bits per heavy atom. The molecule has 1 amide bonds. The molecule has 0 bridgehead atoms. The number of aliphatic hydroxyl groups is 1. The van der Waals surface area contributed by atoms with Gasteiger partial charge in [-0.05, 0) is 30.3 Å². The van der Waals surface area contributed by atoms with Gasteiger partial charge in [0.15, 0.2) is 0 Å². The lowest BCUT2D eigenvalue weighted by molar-refractivity contribution is -0.140. The molecule has 0 unspecified atom stereocenters. The average molecular weight is 428 g/mol. The number of ketones is 1. The number of halogens is 2. The molecule has 2 aliphatic heterocycles. The number of morpholine rings is 1. The van der Waals surface area contributed by atoms with E-state index in [4.69, 9.17) is 4.74 Å². The zero-order valence-electron chi connectivity index (χ0n) is 16.8. The Balaban J connectivity index is 1.75. The topological polar surface area (TPSA) is 70.1 Å². The van der Waals surface area contributed by atoms with Crippen molar-refractivity contribution in [2.45, 2.75) is 6.04 Å². The first-order valence-electron chi connectivity index (χ1n) is 10.1. The van der Waals surface area contributed by atoms with Crippen LogP contribution in [0.25, 0.3) is 5.76 Å². The minimum Gasteiger partial charge on any atom is -0.507 e. The number of ether oxygens (including phenoxy) is 1. The van der Waals surface area contributed by atoms with Crippen molar-refractivity contribution in [1.82, 2.24) is 9.80 Å². The summed E-state index contributed by atoms with van der Waals surface area (Å²) in [6.07, 6.45) is 0. The second-order valence-electron chi connectivity index (χ2n) is 7.47. The molecule has 162 valence electrons. The highest BCUT2D eigenvalue weighted by Gasteiger charge is 2.46. The quantitative estimate of drug-likeness (QED) is 0.451. The van der Waals surface area contributed by atoms with Gasteiger partial charge in [-0.1, -0.05) is 18.2 Å². The molecule has 0 aliphatic carbocycles. The van der Waals surface area contributed by atoms with E-state index in [1.54, 1.807) is 6.07 Å². The van der Waals surface area contributed by atoms with E-state index in [0.717, 1.165) is 12.1 Å². The first kappa shape index (κ1) is 21.1. The lowest BCUT2D eigenvalue weighted by atomic mass is 9.95. The lowest BCUT2D eigenvalue weighted by Gasteiger charge is -2.31. The van der Waals surface area contributed by atoms with E-state index in [2.05, 4.69) is 4.90 Å². The van der Waals surface area contributed by atoms with Crippen LogP contribution in [0.15, 0.2) is 54.1 Å². The van der Waals surface area contributed by atoms with E-state index in [9.17, 15) is 23.5 Å². The number of rotatable bonds is 5. The highest BCUT2D eigenvalue weighted by atomic mass is 19.1. The van der Waals surface area contributed by atoms with E-state index < -0.39 is 35.1 Å². The predicted molar refractivity (Wildman–Crippen MR) is 109 cm³/mol. The molecule has 2 aromatic carbocycles. The third kappa shape index (κ3) is 4.22. The van der Waals surface area contributed by atoms with Crippen LogP contribution in [0.4, 0.5) is 8.78 Å². The van der Waals surface area contributed by atoms with Gasteiger partial charge >= 0.3 is 0 Å². The Bertz CT molecular complexity index is 1020. The van der Waals surface area contributed by atoms with Crippen LogP contribution in [0.3, 0.4) is 0 Å². The Hall–Kier alpha value is -3.10. The van der Waals surface area contributed by atoms with Crippen molar-refractivity contribution in [2.24, 2.45) is 0 Å². The third-order valence-electron chi connectivity index (χ3n) is 5.62. The molecule has 2 aliphatic rings. The summed E-state index contributed by atoms with van der Waals surface area (Å²) in [5.41, 5.74) is 0.0879. The van der Waals surface area contributed by atoms with Crippen molar-refractivity contribution in [3.63, 3.8) is 0 Å². The number of Topliss-reactive ketones (excluding diaryl/α,β-unsaturated/α-hetero) is 1. The van der Waals surface area contributed by atoms with Crippen molar-refractivity contribution in [3.05, 3.63) is 76.9 Å². The van der Waals surface area contributed by atoms with Gasteiger partial charge in [0.2, 0.25) is 0 Å². The molecule has 2 aromatic rings. The first-order valence-corrected chi connectivity index (χ1v) is 10.1. The van der Waals surface area contributed by atoms with Crippen LogP contribution < -0.4 is 0 Å². The summed E-state index contributed by atoms with van der Waals surface area (Å²) in [5, 5.41) is 10.9. The third-order valence-corrected chi connectivity index (χ3v) is 5.62. The van der Waals surface area contributed by atoms with Gasteiger partial charge in [-0.15, -0.1) is 0 Å². The minimum absolute atomic E-state index is 0.118. The highest BCUT2D eigenvalue weighted by Crippen LogP contribution is 2.40. The molecule has 2 fully saturated rings. The number of hydrogen-bond acceptors (Lipinski definition) is 5. The van der Waals surface area contributed by atoms with Crippen LogP contribution in [0.2, 0.25) is 0 Å². The van der Waals surface area contributed by atoms with Gasteiger partial charge in [0.05, 0.1) is 24.8 Å². The summed E-state index contributed by atoms with van der Waals surface area (Å²) in [6.45, 7) is 3.23. The van der Waals surface area contributed by atoms with Crippen molar-refractivity contribution in [3.8, 4) is 0 Å². The Labute approximate surface area is 178 Å². The smallest absolute Gasteiger partial charge is 0.295 e. The first-order chi connectivity index (χ1) is 15.0. The summed E-state index contributed by atoms with van der Waals surface area (Å²) < 4.78 is 33.4. The highest BCUT2D eigenvalue weighted by molar-refractivity contribution is 6.46. The minimum atomic E-state index is -1.08. The molecule has 0 saturated carbocycles. The molecule has 8 heteroatoms. The summed E-state index contributed by atoms with van der Waals surface area (Å²) in [7, 11) is 0. The van der Waals surface area contributed by atoms with Crippen molar-refractivity contribution < 1.29 is 28.2 Å². The molecule has 0 spiro atoms. The molecule has 31 heavy (non-hydrogen) atoms. The van der Waals surface area contributed by atoms with E-state index >= 15 is 0 Å². The number of likely N-dealkylation sites (tertiary alicyclic amines) is 1. The summed E-state index contributed by atoms with van der Waals surface area (Å²) in [6, 6.07) is 9.68. The average Bonchev–Trinajstić information content (AvgIpc) is 3.03. The Kier molecular flexibility index (Phi) is 6.11. The monoisotopic (exact) mass is 428 g/mol. The van der Waals surface area contributed by atoms with Crippen LogP contribution in [-0.4, -0.2) is 66.0 Å². The molecular formula is C23H22F2N2O4. The summed E-state index contributed by atoms with van der Waals surface area (Å²) in [5.74, 6) is -3.24. The van der Waals surface area contributed by atoms with Crippen molar-refractivity contribution in [2.75, 3.05) is 39.4 Å². The zero-order chi connectivity index (χ0) is 22.0. The second-order valence-corrected chi connectivity index (χ2v) is 7.47. The number of carbonyl (C=O) groups is 2. The van der Waals surface area contributed by atoms with Gasteiger partial charge < -0.3 is 14.7 Å². The van der Waals surface area contributed by atoms with E-state index in [1.165, 1.54) is 35.2 Å². The normalized spacial score (nSPS) is 21.6. The molecule has 2 saturated heterocycles. The fraction of sp³-hybridized carbons (Fsp3) is 0.304. The molecule has 0 radical (unpaired) electrons. The van der Waals surface area contributed by atoms with Gasteiger partial charge in [0.1, 0.15) is 17.4 Å². The van der Waals surface area contributed by atoms with Crippen LogP contribution in [0.1, 0.15) is 17.2 Å². The number of amides is 1. The van der Waals surface area contributed by atoms with Crippen LogP contribution >= 0.6 is 0 Å². The van der Waals surface area contributed by atoms with Crippen molar-refractivity contribution >= 4 is 17.4 Å². The molecular weight excluding hydrogens is 406 g/mol. The number of nitrogens with zero attached hydrogens (tertiary/aromatic N) is 2. The maximum atomic E-state index is 14.7. The molecule has 1 atom stereocenters. The molecule has 4 rings (SSSR count). The molecule has 1 N–H and O–H groups in total. The van der Waals surface area contributed by atoms with Crippen molar-refractivity contribution in [1.29, 1.82) is 0 Å². The zero-order valence-corrected chi connectivity index (χ0v) is 16.8. The van der Waals surface area contributed by atoms with E-state index in [-0.39, 0.29) is 23.2 Å². The van der Waals surface area contributed by atoms with Crippen LogP contribution in [0, 0.1) is 11.6 Å². The Morgan fingerprint density at radius 3 is 2.35 bits per heavy atom. The summed E-state index contributed by atoms with van der Waals surface area (Å²) >= 11 is 0. The number of aliphatic hydroxyl groups excluding tert-OH is 1. The van der Waals surface area contributed by atoms with Crippen LogP contribution in [-0.2, 0) is 14.3 Å². The maximum absolute atomic E-state index is 14.7. The summed E-state index contributed by atoms with van der Waals surface area (Å²) in [4.78, 5) is 29.2. The lowest BCUT2D eigenvalue weighted by Crippen LogP contribution is -2.42. The second kappa shape index (κ2) is 8.95. The fourth-order valence-corrected chi connectivity index (χ4v) is 3.97. The van der Waals surface area contributed by atoms with E-state index in [1.807, 2.05) is 0 Å². The SMILES string of the molecule is O=C1C(=O)N(CCN2CCOCC2)[C@H](c2ccccc2F)C1=C(O)c1ccc(F)cc1. The standard InChI is InChI=1S/C23H22F2N2O4/c24-16-7-5-15(6-8-16)21(28)19-20(17-3-1-2-4-18(17)25)27(23(30)22(19)29)10-9-26-11-13-31-14-12-26/h1-8,20,28H,9-14H2/t20-/m1/s1. The fourth-order valence-electron chi connectivity index (χ4n) is 3.97. The van der Waals surface area contributed by atoms with Gasteiger partial charge in [0, 0.05) is 37.3 Å². The predicted octanol–water partition coefficient (Wildman–Crippen LogP) is 2.72. The van der Waals surface area contributed by atoms with Gasteiger partial charge in [-0.3, -0.25) is 14.5 Å². The van der Waals surface area contributed by atoms with E-state index in [0.29, 0.717) is 32.8 Å². The molecule has 6 nitrogen and oxygen atoms in total. The largest absolute Gasteiger partial charge is 0.507 e. The molecule has 0 aromatic heterocycles. The number of benzene rings is 2. The Morgan fingerprint density at radius 1 is 1.00 bits per heavy atom. The maximum Gasteiger partial charge on any atom is 0.295 e. The van der Waals surface area contributed by atoms with Crippen LogP contribution in [0.5, 0.6) is 0 Å².